The fourth-order valence-corrected chi connectivity index (χ4v) is 2.60. The lowest BCUT2D eigenvalue weighted by Gasteiger charge is -2.14. The van der Waals surface area contributed by atoms with Crippen LogP contribution in [0.1, 0.15) is 29.8 Å². The predicted octanol–water partition coefficient (Wildman–Crippen LogP) is 2.81. The van der Waals surface area contributed by atoms with Gasteiger partial charge in [0.05, 0.1) is 17.9 Å². The van der Waals surface area contributed by atoms with Crippen molar-refractivity contribution < 1.29 is 0 Å². The van der Waals surface area contributed by atoms with Gasteiger partial charge in [0, 0.05) is 24.3 Å². The summed E-state index contributed by atoms with van der Waals surface area (Å²) in [5.41, 5.74) is 4.50. The van der Waals surface area contributed by atoms with E-state index in [0.29, 0.717) is 0 Å². The number of allylic oxidation sites excluding steroid dienone is 1. The zero-order valence-electron chi connectivity index (χ0n) is 14.1. The van der Waals surface area contributed by atoms with Gasteiger partial charge in [-0.15, -0.1) is 6.58 Å². The third-order valence-electron chi connectivity index (χ3n) is 4.04. The van der Waals surface area contributed by atoms with E-state index in [2.05, 4.69) is 64.5 Å². The van der Waals surface area contributed by atoms with Gasteiger partial charge >= 0.3 is 0 Å². The Hall–Kier alpha value is -2.73. The van der Waals surface area contributed by atoms with E-state index in [1.807, 2.05) is 17.7 Å². The molecule has 6 heteroatoms. The van der Waals surface area contributed by atoms with E-state index in [1.54, 1.807) is 11.0 Å². The lowest BCUT2D eigenvalue weighted by Crippen LogP contribution is -2.18. The number of benzene rings is 1. The Morgan fingerprint density at radius 3 is 2.75 bits per heavy atom. The topological polar surface area (TPSA) is 60.6 Å². The molecule has 1 N–H and O–H groups in total. The van der Waals surface area contributed by atoms with E-state index in [1.165, 1.54) is 17.5 Å². The van der Waals surface area contributed by atoms with Crippen LogP contribution in [-0.4, -0.2) is 24.5 Å². The molecular weight excluding hydrogens is 300 g/mol. The third kappa shape index (κ3) is 3.60. The average Bonchev–Trinajstić information content (AvgIpc) is 3.23. The first-order valence-corrected chi connectivity index (χ1v) is 7.99. The van der Waals surface area contributed by atoms with Crippen molar-refractivity contribution in [3.8, 4) is 5.69 Å². The molecule has 1 aromatic carbocycles. The van der Waals surface area contributed by atoms with Gasteiger partial charge in [0.25, 0.3) is 0 Å². The van der Waals surface area contributed by atoms with E-state index in [-0.39, 0.29) is 6.04 Å². The zero-order valence-corrected chi connectivity index (χ0v) is 14.1. The van der Waals surface area contributed by atoms with Gasteiger partial charge in [0.15, 0.2) is 0 Å². The minimum atomic E-state index is 0.247. The van der Waals surface area contributed by atoms with Crippen LogP contribution in [0.2, 0.25) is 0 Å². The minimum Gasteiger partial charge on any atom is -0.306 e. The molecule has 3 rings (SSSR count). The number of nitrogens with one attached hydrogen (secondary N) is 1. The van der Waals surface area contributed by atoms with Crippen molar-refractivity contribution in [1.82, 2.24) is 29.9 Å². The van der Waals surface area contributed by atoms with E-state index in [4.69, 9.17) is 0 Å². The summed E-state index contributed by atoms with van der Waals surface area (Å²) in [6, 6.07) is 8.58. The Kier molecular flexibility index (Phi) is 4.86. The largest absolute Gasteiger partial charge is 0.306 e. The molecule has 0 aliphatic carbocycles. The maximum absolute atomic E-state index is 4.48. The van der Waals surface area contributed by atoms with E-state index >= 15 is 0 Å². The van der Waals surface area contributed by atoms with E-state index in [9.17, 15) is 0 Å². The molecule has 0 amide bonds. The number of rotatable bonds is 7. The highest BCUT2D eigenvalue weighted by Gasteiger charge is 2.09. The first kappa shape index (κ1) is 16.1. The van der Waals surface area contributed by atoms with Crippen molar-refractivity contribution in [2.24, 2.45) is 0 Å². The summed E-state index contributed by atoms with van der Waals surface area (Å²) in [4.78, 5) is 3.97. The number of aromatic nitrogens is 5. The molecule has 3 aromatic rings. The first-order chi connectivity index (χ1) is 11.7. The van der Waals surface area contributed by atoms with Gasteiger partial charge in [-0.2, -0.15) is 10.2 Å². The smallest absolute Gasteiger partial charge is 0.138 e. The molecule has 0 fully saturated rings. The lowest BCUT2D eigenvalue weighted by molar-refractivity contribution is 0.573. The average molecular weight is 322 g/mol. The maximum atomic E-state index is 4.48. The molecule has 0 aliphatic rings. The summed E-state index contributed by atoms with van der Waals surface area (Å²) in [5.74, 6) is 0. The molecule has 6 nitrogen and oxygen atoms in total. The number of hydrogen-bond donors (Lipinski definition) is 1. The molecule has 0 spiro atoms. The van der Waals surface area contributed by atoms with E-state index < -0.39 is 0 Å². The summed E-state index contributed by atoms with van der Waals surface area (Å²) in [7, 11) is 0. The maximum Gasteiger partial charge on any atom is 0.138 e. The molecule has 124 valence electrons. The molecule has 24 heavy (non-hydrogen) atoms. The fraction of sp³-hybridized carbons (Fsp3) is 0.278. The van der Waals surface area contributed by atoms with Gasteiger partial charge in [-0.1, -0.05) is 18.2 Å². The van der Waals surface area contributed by atoms with Crippen molar-refractivity contribution in [3.05, 3.63) is 72.6 Å². The second-order valence-electron chi connectivity index (χ2n) is 5.78. The van der Waals surface area contributed by atoms with Gasteiger partial charge in [0.1, 0.15) is 12.7 Å². The van der Waals surface area contributed by atoms with Crippen molar-refractivity contribution in [3.63, 3.8) is 0 Å². The molecule has 0 saturated carbocycles. The first-order valence-electron chi connectivity index (χ1n) is 7.99. The summed E-state index contributed by atoms with van der Waals surface area (Å²) >= 11 is 0. The molecule has 0 saturated heterocycles. The van der Waals surface area contributed by atoms with Gasteiger partial charge in [-0.25, -0.2) is 9.67 Å². The van der Waals surface area contributed by atoms with Crippen molar-refractivity contribution in [2.75, 3.05) is 0 Å². The summed E-state index contributed by atoms with van der Waals surface area (Å²) < 4.78 is 3.66. The molecule has 2 heterocycles. The fourth-order valence-electron chi connectivity index (χ4n) is 2.60. The van der Waals surface area contributed by atoms with Crippen LogP contribution in [0.3, 0.4) is 0 Å². The van der Waals surface area contributed by atoms with Crippen LogP contribution in [0.5, 0.6) is 0 Å². The normalized spacial score (nSPS) is 12.2. The number of aryl methyl sites for hydroxylation is 1. The van der Waals surface area contributed by atoms with Gasteiger partial charge in [-0.3, -0.25) is 4.68 Å². The number of hydrogen-bond acceptors (Lipinski definition) is 4. The van der Waals surface area contributed by atoms with Crippen LogP contribution in [0.25, 0.3) is 5.69 Å². The van der Waals surface area contributed by atoms with Crippen LogP contribution in [0, 0.1) is 6.92 Å². The molecule has 0 aliphatic heterocycles. The molecule has 2 aromatic heterocycles. The molecular formula is C18H22N6. The standard InChI is InChI=1S/C18H22N6/c1-4-9-23-11-17(15(3)22-23)10-20-14(2)16-5-7-18(8-6-16)24-13-19-12-21-24/h4-8,11-14,20H,1,9-10H2,2-3H3/t14-/m0/s1. The lowest BCUT2D eigenvalue weighted by atomic mass is 10.1. The van der Waals surface area contributed by atoms with E-state index in [0.717, 1.165) is 24.5 Å². The molecule has 0 bridgehead atoms. The number of nitrogens with zero attached hydrogens (tertiary/aromatic N) is 5. The zero-order chi connectivity index (χ0) is 16.9. The van der Waals surface area contributed by atoms with Crippen LogP contribution in [-0.2, 0) is 13.1 Å². The van der Waals surface area contributed by atoms with Crippen LogP contribution >= 0.6 is 0 Å². The Bertz CT molecular complexity index is 786. The minimum absolute atomic E-state index is 0.247. The second-order valence-corrected chi connectivity index (χ2v) is 5.78. The second kappa shape index (κ2) is 7.23. The highest BCUT2D eigenvalue weighted by Crippen LogP contribution is 2.16. The highest BCUT2D eigenvalue weighted by molar-refractivity contribution is 5.34. The van der Waals surface area contributed by atoms with Gasteiger partial charge < -0.3 is 5.32 Å². The Balaban J connectivity index is 1.62. The Morgan fingerprint density at radius 1 is 1.29 bits per heavy atom. The van der Waals surface area contributed by atoms with Crippen LogP contribution < -0.4 is 5.32 Å². The summed E-state index contributed by atoms with van der Waals surface area (Å²) in [5, 5.41) is 12.2. The van der Waals surface area contributed by atoms with Gasteiger partial charge in [0.2, 0.25) is 0 Å². The SMILES string of the molecule is C=CCn1cc(CN[C@@H](C)c2ccc(-n3cncn3)cc2)c(C)n1. The Morgan fingerprint density at radius 2 is 2.08 bits per heavy atom. The Labute approximate surface area is 141 Å². The summed E-state index contributed by atoms with van der Waals surface area (Å²) in [6.07, 6.45) is 7.15. The van der Waals surface area contributed by atoms with Gasteiger partial charge in [-0.05, 0) is 31.5 Å². The molecule has 0 radical (unpaired) electrons. The van der Waals surface area contributed by atoms with Crippen molar-refractivity contribution in [1.29, 1.82) is 0 Å². The van der Waals surface area contributed by atoms with Crippen molar-refractivity contribution >= 4 is 0 Å². The monoisotopic (exact) mass is 322 g/mol. The summed E-state index contributed by atoms with van der Waals surface area (Å²) in [6.45, 7) is 9.47. The van der Waals surface area contributed by atoms with Crippen molar-refractivity contribution in [2.45, 2.75) is 33.0 Å². The quantitative estimate of drug-likeness (QED) is 0.680. The molecule has 0 unspecified atom stereocenters. The predicted molar refractivity (Wildman–Crippen MR) is 93.8 cm³/mol. The highest BCUT2D eigenvalue weighted by atomic mass is 15.3. The molecule has 1 atom stereocenters. The van der Waals surface area contributed by atoms with Crippen LogP contribution in [0.15, 0.2) is 55.8 Å². The third-order valence-corrected chi connectivity index (χ3v) is 4.04. The van der Waals surface area contributed by atoms with Crippen LogP contribution in [0.4, 0.5) is 0 Å².